The van der Waals surface area contributed by atoms with Crippen LogP contribution in [-0.2, 0) is 9.53 Å². The van der Waals surface area contributed by atoms with Crippen LogP contribution in [0.2, 0.25) is 0 Å². The summed E-state index contributed by atoms with van der Waals surface area (Å²) >= 11 is 0. The largest absolute Gasteiger partial charge is 0.469 e. The molecule has 3 aliphatic rings. The Morgan fingerprint density at radius 3 is 2.53 bits per heavy atom. The van der Waals surface area contributed by atoms with E-state index in [-0.39, 0.29) is 11.9 Å². The first-order valence-electron chi connectivity index (χ1n) is 6.39. The van der Waals surface area contributed by atoms with Crippen LogP contribution in [0.1, 0.15) is 52.4 Å². The standard InChI is InChI=1S/C11H18O2.C2H6/c1-13-11(12)10-7-8-3-2-4-9(10)6-5-8;1-2/h8-10H,2-7H2,1H3;1-2H3. The molecule has 0 heterocycles. The average Bonchev–Trinajstić information content (AvgIpc) is 2.65. The van der Waals surface area contributed by atoms with Crippen molar-refractivity contribution in [2.24, 2.45) is 17.8 Å². The van der Waals surface area contributed by atoms with Gasteiger partial charge in [-0.3, -0.25) is 4.79 Å². The fraction of sp³-hybridized carbons (Fsp3) is 0.923. The number of ether oxygens (including phenoxy) is 1. The van der Waals surface area contributed by atoms with Gasteiger partial charge < -0.3 is 4.74 Å². The molecule has 0 aromatic carbocycles. The van der Waals surface area contributed by atoms with Crippen molar-refractivity contribution in [1.82, 2.24) is 0 Å². The molecule has 0 aromatic heterocycles. The summed E-state index contributed by atoms with van der Waals surface area (Å²) in [5.74, 6) is 1.71. The molecule has 0 aliphatic heterocycles. The van der Waals surface area contributed by atoms with Crippen LogP contribution < -0.4 is 0 Å². The van der Waals surface area contributed by atoms with E-state index in [0.29, 0.717) is 5.92 Å². The molecule has 3 rings (SSSR count). The van der Waals surface area contributed by atoms with Crippen molar-refractivity contribution < 1.29 is 9.53 Å². The van der Waals surface area contributed by atoms with Gasteiger partial charge in [-0.2, -0.15) is 0 Å². The molecule has 15 heavy (non-hydrogen) atoms. The quantitative estimate of drug-likeness (QED) is 0.623. The van der Waals surface area contributed by atoms with Crippen molar-refractivity contribution in [3.63, 3.8) is 0 Å². The fourth-order valence-corrected chi connectivity index (χ4v) is 3.04. The van der Waals surface area contributed by atoms with Crippen LogP contribution >= 0.6 is 0 Å². The van der Waals surface area contributed by atoms with E-state index < -0.39 is 0 Å². The van der Waals surface area contributed by atoms with Crippen LogP contribution in [0.25, 0.3) is 0 Å². The second-order valence-corrected chi connectivity index (χ2v) is 4.50. The number of carbonyl (C=O) groups is 1. The lowest BCUT2D eigenvalue weighted by molar-refractivity contribution is -0.149. The Hall–Kier alpha value is -0.530. The topological polar surface area (TPSA) is 26.3 Å². The van der Waals surface area contributed by atoms with E-state index >= 15 is 0 Å². The molecular formula is C13H24O2. The van der Waals surface area contributed by atoms with Crippen molar-refractivity contribution >= 4 is 5.97 Å². The van der Waals surface area contributed by atoms with Gasteiger partial charge in [-0.1, -0.05) is 33.1 Å². The molecule has 0 saturated heterocycles. The van der Waals surface area contributed by atoms with Crippen molar-refractivity contribution in [3.05, 3.63) is 0 Å². The number of carbonyl (C=O) groups excluding carboxylic acids is 1. The summed E-state index contributed by atoms with van der Waals surface area (Å²) in [6, 6.07) is 0. The van der Waals surface area contributed by atoms with E-state index in [2.05, 4.69) is 0 Å². The second-order valence-electron chi connectivity index (χ2n) is 4.50. The molecule has 2 heteroatoms. The minimum absolute atomic E-state index is 0.0385. The van der Waals surface area contributed by atoms with Gasteiger partial charge in [0, 0.05) is 0 Å². The van der Waals surface area contributed by atoms with Gasteiger partial charge in [-0.25, -0.2) is 0 Å². The Morgan fingerprint density at radius 1 is 1.13 bits per heavy atom. The smallest absolute Gasteiger partial charge is 0.308 e. The first kappa shape index (κ1) is 12.5. The van der Waals surface area contributed by atoms with E-state index in [4.69, 9.17) is 4.74 Å². The molecule has 2 nitrogen and oxygen atoms in total. The molecule has 3 unspecified atom stereocenters. The van der Waals surface area contributed by atoms with Gasteiger partial charge in [0.2, 0.25) is 0 Å². The molecule has 3 saturated carbocycles. The highest BCUT2D eigenvalue weighted by Crippen LogP contribution is 2.43. The van der Waals surface area contributed by atoms with Crippen molar-refractivity contribution in [1.29, 1.82) is 0 Å². The van der Waals surface area contributed by atoms with Crippen molar-refractivity contribution in [3.8, 4) is 0 Å². The molecule has 3 aliphatic carbocycles. The van der Waals surface area contributed by atoms with Crippen molar-refractivity contribution in [2.45, 2.75) is 52.4 Å². The minimum atomic E-state index is 0.0385. The van der Waals surface area contributed by atoms with E-state index in [9.17, 15) is 4.79 Å². The molecular weight excluding hydrogens is 188 g/mol. The number of hydrogen-bond acceptors (Lipinski definition) is 2. The summed E-state index contributed by atoms with van der Waals surface area (Å²) < 4.78 is 4.86. The third kappa shape index (κ3) is 2.96. The van der Waals surface area contributed by atoms with E-state index in [1.54, 1.807) is 0 Å². The number of methoxy groups -OCH3 is 1. The third-order valence-electron chi connectivity index (χ3n) is 3.79. The lowest BCUT2D eigenvalue weighted by Crippen LogP contribution is -2.29. The van der Waals surface area contributed by atoms with Gasteiger partial charge in [-0.15, -0.1) is 0 Å². The van der Waals surface area contributed by atoms with Crippen LogP contribution in [0.3, 0.4) is 0 Å². The number of hydrogen-bond donors (Lipinski definition) is 0. The lowest BCUT2D eigenvalue weighted by Gasteiger charge is -2.30. The monoisotopic (exact) mass is 212 g/mol. The van der Waals surface area contributed by atoms with Gasteiger partial charge in [0.15, 0.2) is 0 Å². The van der Waals surface area contributed by atoms with Gasteiger partial charge in [-0.05, 0) is 31.1 Å². The van der Waals surface area contributed by atoms with E-state index in [1.807, 2.05) is 13.8 Å². The molecule has 0 radical (unpaired) electrons. The van der Waals surface area contributed by atoms with Crippen LogP contribution in [0, 0.1) is 17.8 Å². The van der Waals surface area contributed by atoms with Crippen LogP contribution in [-0.4, -0.2) is 13.1 Å². The Bertz CT molecular complexity index is 197. The highest BCUT2D eigenvalue weighted by atomic mass is 16.5. The average molecular weight is 212 g/mol. The molecule has 0 N–H and O–H groups in total. The maximum absolute atomic E-state index is 11.5. The summed E-state index contributed by atoms with van der Waals surface area (Å²) in [7, 11) is 1.51. The van der Waals surface area contributed by atoms with Gasteiger partial charge in [0.05, 0.1) is 13.0 Å². The van der Waals surface area contributed by atoms with Crippen LogP contribution in [0.5, 0.6) is 0 Å². The highest BCUT2D eigenvalue weighted by Gasteiger charge is 2.37. The van der Waals surface area contributed by atoms with Crippen molar-refractivity contribution in [2.75, 3.05) is 7.11 Å². The zero-order chi connectivity index (χ0) is 11.3. The third-order valence-corrected chi connectivity index (χ3v) is 3.79. The maximum atomic E-state index is 11.5. The Morgan fingerprint density at radius 2 is 1.87 bits per heavy atom. The normalized spacial score (nSPS) is 33.7. The highest BCUT2D eigenvalue weighted by molar-refractivity contribution is 5.72. The van der Waals surface area contributed by atoms with Crippen LogP contribution in [0.4, 0.5) is 0 Å². The first-order valence-corrected chi connectivity index (χ1v) is 6.39. The predicted molar refractivity (Wildman–Crippen MR) is 61.5 cm³/mol. The molecule has 3 atom stereocenters. The summed E-state index contributed by atoms with van der Waals surface area (Å²) in [5, 5.41) is 0. The van der Waals surface area contributed by atoms with Gasteiger partial charge in [0.1, 0.15) is 0 Å². The minimum Gasteiger partial charge on any atom is -0.469 e. The zero-order valence-electron chi connectivity index (χ0n) is 10.3. The fourth-order valence-electron chi connectivity index (χ4n) is 3.04. The SMILES string of the molecule is CC.COC(=O)C1CC2CCCC1CC2. The lowest BCUT2D eigenvalue weighted by atomic mass is 9.75. The summed E-state index contributed by atoms with van der Waals surface area (Å²) in [5.41, 5.74) is 0. The van der Waals surface area contributed by atoms with Crippen LogP contribution in [0.15, 0.2) is 0 Å². The summed E-state index contributed by atoms with van der Waals surface area (Å²) in [4.78, 5) is 11.5. The number of rotatable bonds is 1. The van der Waals surface area contributed by atoms with Gasteiger partial charge >= 0.3 is 5.97 Å². The summed E-state index contributed by atoms with van der Waals surface area (Å²) in [6.45, 7) is 4.00. The molecule has 88 valence electrons. The molecule has 0 spiro atoms. The first-order chi connectivity index (χ1) is 7.31. The van der Waals surface area contributed by atoms with E-state index in [0.717, 1.165) is 12.3 Å². The maximum Gasteiger partial charge on any atom is 0.308 e. The zero-order valence-corrected chi connectivity index (χ0v) is 10.3. The molecule has 0 amide bonds. The molecule has 3 fully saturated rings. The van der Waals surface area contributed by atoms with E-state index in [1.165, 1.54) is 39.2 Å². The Balaban J connectivity index is 0.000000531. The second kappa shape index (κ2) is 6.14. The number of fused-ring (bicyclic) bond motifs is 4. The van der Waals surface area contributed by atoms with Gasteiger partial charge in [0.25, 0.3) is 0 Å². The molecule has 0 aromatic rings. The summed E-state index contributed by atoms with van der Waals surface area (Å²) in [6.07, 6.45) is 7.60. The number of esters is 1. The Kier molecular flexibility index (Phi) is 5.13. The predicted octanol–water partition coefficient (Wildman–Crippen LogP) is 3.40. The molecule has 2 bridgehead atoms. The Labute approximate surface area is 93.4 Å².